The molecule has 1 aliphatic carbocycles. The van der Waals surface area contributed by atoms with Crippen molar-refractivity contribution in [2.45, 2.75) is 18.8 Å². The van der Waals surface area contributed by atoms with Crippen LogP contribution in [0.15, 0.2) is 114 Å². The number of rotatable bonds is 5. The molecular weight excluding hydrogens is 300 g/mol. The van der Waals surface area contributed by atoms with Crippen LogP contribution in [0.5, 0.6) is 0 Å². The highest BCUT2D eigenvalue weighted by Gasteiger charge is 2.23. The smallest absolute Gasteiger partial charge is 0.0339 e. The summed E-state index contributed by atoms with van der Waals surface area (Å²) < 4.78 is 0. The number of hydrogen-bond donors (Lipinski definition) is 0. The first-order valence-corrected chi connectivity index (χ1v) is 8.95. The van der Waals surface area contributed by atoms with Crippen LogP contribution >= 0.6 is 0 Å². The van der Waals surface area contributed by atoms with E-state index in [9.17, 15) is 0 Å². The molecule has 0 N–H and O–H groups in total. The molecule has 4 rings (SSSR count). The van der Waals surface area contributed by atoms with E-state index in [1.807, 2.05) is 0 Å². The molecule has 3 aromatic carbocycles. The molecule has 3 aromatic rings. The highest BCUT2D eigenvalue weighted by molar-refractivity contribution is 5.52. The van der Waals surface area contributed by atoms with Crippen LogP contribution in [0.3, 0.4) is 0 Å². The van der Waals surface area contributed by atoms with Gasteiger partial charge in [-0.2, -0.15) is 0 Å². The maximum Gasteiger partial charge on any atom is 0.0339 e. The summed E-state index contributed by atoms with van der Waals surface area (Å²) >= 11 is 0. The maximum absolute atomic E-state index is 2.41. The first-order valence-electron chi connectivity index (χ1n) is 8.95. The fraction of sp³-hybridized carbons (Fsp3) is 0.120. The van der Waals surface area contributed by atoms with Crippen LogP contribution < -0.4 is 0 Å². The third-order valence-corrected chi connectivity index (χ3v) is 4.89. The Morgan fingerprint density at radius 1 is 0.600 bits per heavy atom. The van der Waals surface area contributed by atoms with Gasteiger partial charge in [-0.1, -0.05) is 103 Å². The Labute approximate surface area is 150 Å². The fourth-order valence-corrected chi connectivity index (χ4v) is 3.71. The van der Waals surface area contributed by atoms with Gasteiger partial charge in [-0.15, -0.1) is 0 Å². The second-order valence-electron chi connectivity index (χ2n) is 6.54. The number of hydrogen-bond acceptors (Lipinski definition) is 0. The van der Waals surface area contributed by atoms with E-state index in [1.165, 1.54) is 27.8 Å². The molecule has 0 spiro atoms. The van der Waals surface area contributed by atoms with Crippen molar-refractivity contribution < 1.29 is 0 Å². The lowest BCUT2D eigenvalue weighted by Gasteiger charge is -2.22. The average Bonchev–Trinajstić information content (AvgIpc) is 3.12. The van der Waals surface area contributed by atoms with Crippen LogP contribution in [0.25, 0.3) is 0 Å². The minimum atomic E-state index is 0.305. The largest absolute Gasteiger partial charge is 0.0769 e. The van der Waals surface area contributed by atoms with Crippen molar-refractivity contribution in [2.75, 3.05) is 0 Å². The Kier molecular flexibility index (Phi) is 4.61. The molecule has 0 radical (unpaired) electrons. The molecule has 0 saturated heterocycles. The van der Waals surface area contributed by atoms with Gasteiger partial charge in [-0.05, 0) is 40.7 Å². The SMILES string of the molecule is C1=C(Cc2ccccc2)C(C(c2ccccc2)c2ccccc2)=CC1. The zero-order valence-corrected chi connectivity index (χ0v) is 14.3. The molecular formula is C25H22. The van der Waals surface area contributed by atoms with Gasteiger partial charge in [0.25, 0.3) is 0 Å². The van der Waals surface area contributed by atoms with Gasteiger partial charge in [0.15, 0.2) is 0 Å². The Hall–Kier alpha value is -2.86. The summed E-state index contributed by atoms with van der Waals surface area (Å²) in [4.78, 5) is 0. The third-order valence-electron chi connectivity index (χ3n) is 4.89. The van der Waals surface area contributed by atoms with Crippen molar-refractivity contribution >= 4 is 0 Å². The maximum atomic E-state index is 2.41. The Bertz CT molecular complexity index is 832. The summed E-state index contributed by atoms with van der Waals surface area (Å²) in [5.41, 5.74) is 7.02. The zero-order chi connectivity index (χ0) is 16.9. The summed E-state index contributed by atoms with van der Waals surface area (Å²) in [6.45, 7) is 0. The van der Waals surface area contributed by atoms with Gasteiger partial charge in [0.1, 0.15) is 0 Å². The summed E-state index contributed by atoms with van der Waals surface area (Å²) in [5.74, 6) is 0.305. The highest BCUT2D eigenvalue weighted by atomic mass is 14.3. The van der Waals surface area contributed by atoms with E-state index in [0.717, 1.165) is 12.8 Å². The molecule has 0 bridgehead atoms. The summed E-state index contributed by atoms with van der Waals surface area (Å²) in [6, 6.07) is 32.5. The second kappa shape index (κ2) is 7.36. The van der Waals surface area contributed by atoms with Crippen LogP contribution in [-0.2, 0) is 6.42 Å². The van der Waals surface area contributed by atoms with Crippen LogP contribution in [0.1, 0.15) is 29.0 Å². The van der Waals surface area contributed by atoms with Crippen molar-refractivity contribution in [3.05, 3.63) is 131 Å². The van der Waals surface area contributed by atoms with E-state index < -0.39 is 0 Å². The molecule has 0 aliphatic heterocycles. The summed E-state index contributed by atoms with van der Waals surface area (Å²) in [5, 5.41) is 0. The van der Waals surface area contributed by atoms with Gasteiger partial charge < -0.3 is 0 Å². The molecule has 0 heterocycles. The van der Waals surface area contributed by atoms with Crippen LogP contribution in [0.2, 0.25) is 0 Å². The van der Waals surface area contributed by atoms with E-state index in [2.05, 4.69) is 103 Å². The van der Waals surface area contributed by atoms with Gasteiger partial charge in [-0.3, -0.25) is 0 Å². The van der Waals surface area contributed by atoms with Crippen molar-refractivity contribution in [1.82, 2.24) is 0 Å². The monoisotopic (exact) mass is 322 g/mol. The minimum Gasteiger partial charge on any atom is -0.0769 e. The first kappa shape index (κ1) is 15.7. The van der Waals surface area contributed by atoms with E-state index in [-0.39, 0.29) is 0 Å². The predicted octanol–water partition coefficient (Wildman–Crippen LogP) is 6.32. The van der Waals surface area contributed by atoms with E-state index in [0.29, 0.717) is 5.92 Å². The molecule has 25 heavy (non-hydrogen) atoms. The van der Waals surface area contributed by atoms with Crippen molar-refractivity contribution in [2.24, 2.45) is 0 Å². The van der Waals surface area contributed by atoms with Crippen LogP contribution in [0.4, 0.5) is 0 Å². The van der Waals surface area contributed by atoms with Crippen molar-refractivity contribution in [1.29, 1.82) is 0 Å². The third kappa shape index (κ3) is 3.49. The van der Waals surface area contributed by atoms with E-state index in [4.69, 9.17) is 0 Å². The highest BCUT2D eigenvalue weighted by Crippen LogP contribution is 2.39. The Morgan fingerprint density at radius 2 is 1.12 bits per heavy atom. The lowest BCUT2D eigenvalue weighted by Crippen LogP contribution is -2.07. The summed E-state index contributed by atoms with van der Waals surface area (Å²) in [6.07, 6.45) is 6.83. The lowest BCUT2D eigenvalue weighted by atomic mass is 9.81. The average molecular weight is 322 g/mol. The molecule has 122 valence electrons. The van der Waals surface area contributed by atoms with Gasteiger partial charge >= 0.3 is 0 Å². The molecule has 0 fully saturated rings. The summed E-state index contributed by atoms with van der Waals surface area (Å²) in [7, 11) is 0. The molecule has 0 atom stereocenters. The minimum absolute atomic E-state index is 0.305. The van der Waals surface area contributed by atoms with Crippen LogP contribution in [0, 0.1) is 0 Å². The standard InChI is InChI=1S/C25H22/c1-4-11-20(12-5-1)19-23-17-10-18-24(23)25(21-13-6-2-7-14-21)22-15-8-3-9-16-22/h1-9,11-18,25H,10,19H2. The topological polar surface area (TPSA) is 0 Å². The normalized spacial score (nSPS) is 13.6. The van der Waals surface area contributed by atoms with Gasteiger partial charge in [-0.25, -0.2) is 0 Å². The zero-order valence-electron chi connectivity index (χ0n) is 14.3. The Balaban J connectivity index is 1.71. The molecule has 0 unspecified atom stereocenters. The van der Waals surface area contributed by atoms with Crippen molar-refractivity contribution in [3.63, 3.8) is 0 Å². The van der Waals surface area contributed by atoms with Gasteiger partial charge in [0, 0.05) is 5.92 Å². The quantitative estimate of drug-likeness (QED) is 0.516. The lowest BCUT2D eigenvalue weighted by molar-refractivity contribution is 0.940. The van der Waals surface area contributed by atoms with Gasteiger partial charge in [0.05, 0.1) is 0 Å². The molecule has 1 aliphatic rings. The molecule has 0 nitrogen and oxygen atoms in total. The molecule has 0 aromatic heterocycles. The fourth-order valence-electron chi connectivity index (χ4n) is 3.71. The Morgan fingerprint density at radius 3 is 1.68 bits per heavy atom. The van der Waals surface area contributed by atoms with Crippen molar-refractivity contribution in [3.8, 4) is 0 Å². The first-order chi connectivity index (χ1) is 12.4. The molecule has 0 saturated carbocycles. The van der Waals surface area contributed by atoms with Crippen LogP contribution in [-0.4, -0.2) is 0 Å². The van der Waals surface area contributed by atoms with Gasteiger partial charge in [0.2, 0.25) is 0 Å². The number of allylic oxidation sites excluding steroid dienone is 4. The molecule has 0 amide bonds. The predicted molar refractivity (Wildman–Crippen MR) is 106 cm³/mol. The van der Waals surface area contributed by atoms with E-state index in [1.54, 1.807) is 0 Å². The second-order valence-corrected chi connectivity index (χ2v) is 6.54. The molecule has 0 heteroatoms. The van der Waals surface area contributed by atoms with E-state index >= 15 is 0 Å². The number of benzene rings is 3.